The lowest BCUT2D eigenvalue weighted by Crippen LogP contribution is -2.23. The lowest BCUT2D eigenvalue weighted by molar-refractivity contribution is -0.132. The number of hydrogen-bond acceptors (Lipinski definition) is 1. The first-order valence-corrected chi connectivity index (χ1v) is 5.80. The summed E-state index contributed by atoms with van der Waals surface area (Å²) in [4.78, 5) is 0. The Morgan fingerprint density at radius 1 is 1.18 bits per heavy atom. The van der Waals surface area contributed by atoms with Crippen molar-refractivity contribution in [3.05, 3.63) is 29.3 Å². The Kier molecular flexibility index (Phi) is 5.40. The second kappa shape index (κ2) is 6.36. The van der Waals surface area contributed by atoms with Crippen molar-refractivity contribution in [1.29, 1.82) is 0 Å². The van der Waals surface area contributed by atoms with Gasteiger partial charge in [-0.3, -0.25) is 0 Å². The van der Waals surface area contributed by atoms with E-state index in [9.17, 15) is 13.2 Å². The summed E-state index contributed by atoms with van der Waals surface area (Å²) in [7, 11) is 0. The number of benzene rings is 1. The lowest BCUT2D eigenvalue weighted by atomic mass is 10.2. The summed E-state index contributed by atoms with van der Waals surface area (Å²) in [5.74, 6) is 0.576. The molecule has 0 amide bonds. The van der Waals surface area contributed by atoms with E-state index in [0.29, 0.717) is 10.8 Å². The molecule has 0 saturated heterocycles. The molecule has 1 atom stereocenters. The molecule has 96 valence electrons. The molecular formula is C11H11Cl2F3O. The predicted molar refractivity (Wildman–Crippen MR) is 61.9 cm³/mol. The summed E-state index contributed by atoms with van der Waals surface area (Å²) < 4.78 is 41.4. The van der Waals surface area contributed by atoms with Crippen molar-refractivity contribution >= 4 is 23.2 Å². The normalized spacial score (nSPS) is 13.5. The molecule has 0 fully saturated rings. The van der Waals surface area contributed by atoms with E-state index in [4.69, 9.17) is 27.9 Å². The molecule has 0 aliphatic rings. The molecule has 1 nitrogen and oxygen atoms in total. The van der Waals surface area contributed by atoms with Gasteiger partial charge < -0.3 is 4.74 Å². The van der Waals surface area contributed by atoms with Gasteiger partial charge in [0.2, 0.25) is 0 Å². The Hall–Kier alpha value is -0.610. The highest BCUT2D eigenvalue weighted by atomic mass is 35.5. The maximum Gasteiger partial charge on any atom is 0.404 e. The molecule has 0 aromatic heterocycles. The third-order valence-electron chi connectivity index (χ3n) is 2.04. The van der Waals surface area contributed by atoms with E-state index in [1.165, 1.54) is 0 Å². The van der Waals surface area contributed by atoms with Crippen LogP contribution in [0.15, 0.2) is 24.3 Å². The highest BCUT2D eigenvalue weighted by Crippen LogP contribution is 2.28. The van der Waals surface area contributed by atoms with Crippen molar-refractivity contribution in [2.24, 2.45) is 0 Å². The molecule has 0 aliphatic heterocycles. The second-order valence-corrected chi connectivity index (χ2v) is 4.42. The van der Waals surface area contributed by atoms with Gasteiger partial charge in [-0.2, -0.15) is 13.2 Å². The van der Waals surface area contributed by atoms with Crippen molar-refractivity contribution in [2.75, 3.05) is 6.61 Å². The highest BCUT2D eigenvalue weighted by Gasteiger charge is 2.37. The minimum atomic E-state index is -4.35. The van der Waals surface area contributed by atoms with Crippen LogP contribution in [0.2, 0.25) is 5.02 Å². The van der Waals surface area contributed by atoms with Crippen LogP contribution in [0.5, 0.6) is 5.75 Å². The maximum absolute atomic E-state index is 12.1. The Balaban J connectivity index is 2.23. The van der Waals surface area contributed by atoms with Crippen LogP contribution in [0.1, 0.15) is 12.8 Å². The van der Waals surface area contributed by atoms with Crippen LogP contribution in [0, 0.1) is 0 Å². The average Bonchev–Trinajstić information content (AvgIpc) is 2.25. The van der Waals surface area contributed by atoms with Gasteiger partial charge in [0.15, 0.2) is 0 Å². The van der Waals surface area contributed by atoms with E-state index in [-0.39, 0.29) is 19.4 Å². The van der Waals surface area contributed by atoms with Gasteiger partial charge in [0.25, 0.3) is 0 Å². The molecular weight excluding hydrogens is 276 g/mol. The smallest absolute Gasteiger partial charge is 0.404 e. The zero-order chi connectivity index (χ0) is 12.9. The molecule has 1 aromatic rings. The van der Waals surface area contributed by atoms with Crippen LogP contribution in [0.3, 0.4) is 0 Å². The lowest BCUT2D eigenvalue weighted by Gasteiger charge is -2.13. The number of alkyl halides is 4. The van der Waals surface area contributed by atoms with Crippen LogP contribution in [-0.4, -0.2) is 18.2 Å². The molecule has 0 bridgehead atoms. The van der Waals surface area contributed by atoms with E-state index >= 15 is 0 Å². The number of ether oxygens (including phenoxy) is 1. The number of hydrogen-bond donors (Lipinski definition) is 0. The van der Waals surface area contributed by atoms with Crippen molar-refractivity contribution in [1.82, 2.24) is 0 Å². The van der Waals surface area contributed by atoms with Gasteiger partial charge in [0.1, 0.15) is 11.1 Å². The fourth-order valence-electron chi connectivity index (χ4n) is 1.15. The first-order chi connectivity index (χ1) is 7.89. The van der Waals surface area contributed by atoms with E-state index in [0.717, 1.165) is 0 Å². The summed E-state index contributed by atoms with van der Waals surface area (Å²) in [6, 6.07) is 6.61. The summed E-state index contributed by atoms with van der Waals surface area (Å²) in [6.45, 7) is 0.195. The Morgan fingerprint density at radius 3 is 2.29 bits per heavy atom. The van der Waals surface area contributed by atoms with Gasteiger partial charge in [-0.05, 0) is 37.1 Å². The van der Waals surface area contributed by atoms with Crippen molar-refractivity contribution in [2.45, 2.75) is 24.4 Å². The minimum Gasteiger partial charge on any atom is -0.494 e. The molecule has 0 heterocycles. The number of halogens is 5. The van der Waals surface area contributed by atoms with Gasteiger partial charge >= 0.3 is 6.18 Å². The van der Waals surface area contributed by atoms with Gasteiger partial charge in [0, 0.05) is 5.02 Å². The van der Waals surface area contributed by atoms with Crippen LogP contribution < -0.4 is 4.74 Å². The number of rotatable bonds is 5. The van der Waals surface area contributed by atoms with Crippen LogP contribution in [-0.2, 0) is 0 Å². The third kappa shape index (κ3) is 5.50. The topological polar surface area (TPSA) is 9.23 Å². The fourth-order valence-corrected chi connectivity index (χ4v) is 1.43. The summed E-state index contributed by atoms with van der Waals surface area (Å²) in [5.41, 5.74) is 0. The maximum atomic E-state index is 12.1. The summed E-state index contributed by atoms with van der Waals surface area (Å²) >= 11 is 10.8. The Morgan fingerprint density at radius 2 is 1.76 bits per heavy atom. The van der Waals surface area contributed by atoms with Gasteiger partial charge in [-0.15, -0.1) is 11.6 Å². The average molecular weight is 287 g/mol. The van der Waals surface area contributed by atoms with Crippen LogP contribution in [0.4, 0.5) is 13.2 Å². The van der Waals surface area contributed by atoms with Gasteiger partial charge in [-0.25, -0.2) is 0 Å². The van der Waals surface area contributed by atoms with E-state index in [1.54, 1.807) is 24.3 Å². The van der Waals surface area contributed by atoms with Gasteiger partial charge in [-0.1, -0.05) is 11.6 Å². The zero-order valence-corrected chi connectivity index (χ0v) is 10.3. The predicted octanol–water partition coefficient (Wildman–Crippen LogP) is 4.67. The first-order valence-electron chi connectivity index (χ1n) is 4.99. The van der Waals surface area contributed by atoms with Crippen molar-refractivity contribution in [3.63, 3.8) is 0 Å². The largest absolute Gasteiger partial charge is 0.494 e. The molecule has 0 radical (unpaired) electrons. The molecule has 17 heavy (non-hydrogen) atoms. The summed E-state index contributed by atoms with van der Waals surface area (Å²) in [5, 5.41) is -1.23. The molecule has 0 saturated carbocycles. The fraction of sp³-hybridized carbons (Fsp3) is 0.455. The second-order valence-electron chi connectivity index (χ2n) is 3.45. The SMILES string of the molecule is FC(F)(F)C(Cl)CCCOc1ccc(Cl)cc1. The van der Waals surface area contributed by atoms with Gasteiger partial charge in [0.05, 0.1) is 6.61 Å². The first kappa shape index (κ1) is 14.5. The molecule has 1 unspecified atom stereocenters. The van der Waals surface area contributed by atoms with Crippen molar-refractivity contribution < 1.29 is 17.9 Å². The summed E-state index contributed by atoms with van der Waals surface area (Å²) in [6.07, 6.45) is -4.25. The van der Waals surface area contributed by atoms with Crippen molar-refractivity contribution in [3.8, 4) is 5.75 Å². The van der Waals surface area contributed by atoms with Crippen LogP contribution in [0.25, 0.3) is 0 Å². The molecule has 1 rings (SSSR count). The van der Waals surface area contributed by atoms with Crippen LogP contribution >= 0.6 is 23.2 Å². The monoisotopic (exact) mass is 286 g/mol. The zero-order valence-electron chi connectivity index (χ0n) is 8.81. The molecule has 6 heteroatoms. The van der Waals surface area contributed by atoms with E-state index in [2.05, 4.69) is 0 Å². The Labute approximate surface area is 107 Å². The van der Waals surface area contributed by atoms with E-state index in [1.807, 2.05) is 0 Å². The highest BCUT2D eigenvalue weighted by molar-refractivity contribution is 6.30. The third-order valence-corrected chi connectivity index (χ3v) is 2.76. The molecule has 0 N–H and O–H groups in total. The Bertz CT molecular complexity index is 338. The standard InChI is InChI=1S/C11H11Cl2F3O/c12-8-3-5-9(6-4-8)17-7-1-2-10(13)11(14,15)16/h3-6,10H,1-2,7H2. The molecule has 1 aromatic carbocycles. The minimum absolute atomic E-state index is 0.154. The molecule has 0 spiro atoms. The molecule has 0 aliphatic carbocycles. The quantitative estimate of drug-likeness (QED) is 0.565. The van der Waals surface area contributed by atoms with E-state index < -0.39 is 11.6 Å².